The number of aryl methyl sites for hydroxylation is 2. The van der Waals surface area contributed by atoms with Gasteiger partial charge in [-0.25, -0.2) is 4.79 Å². The van der Waals surface area contributed by atoms with Crippen LogP contribution in [0, 0.1) is 10.1 Å². The maximum Gasteiger partial charge on any atom is 0.348 e. The quantitative estimate of drug-likeness (QED) is 0.492. The number of non-ortho nitro benzene ring substituents is 1. The van der Waals surface area contributed by atoms with Gasteiger partial charge in [-0.15, -0.1) is 11.3 Å². The number of carbonyl (C=O) groups is 1. The Hall–Kier alpha value is -2.21. The maximum absolute atomic E-state index is 12.0. The van der Waals surface area contributed by atoms with Crippen LogP contribution in [0.4, 0.5) is 5.69 Å². The fourth-order valence-electron chi connectivity index (χ4n) is 2.36. The molecule has 0 spiro atoms. The van der Waals surface area contributed by atoms with Crippen LogP contribution >= 0.6 is 11.3 Å². The van der Waals surface area contributed by atoms with Gasteiger partial charge < -0.3 is 4.74 Å². The molecule has 1 aliphatic carbocycles. The molecule has 0 bridgehead atoms. The Morgan fingerprint density at radius 2 is 2.05 bits per heavy atom. The van der Waals surface area contributed by atoms with Gasteiger partial charge in [0.15, 0.2) is 0 Å². The maximum atomic E-state index is 12.0. The third-order valence-corrected chi connectivity index (χ3v) is 4.68. The Labute approximate surface area is 125 Å². The van der Waals surface area contributed by atoms with Crippen LogP contribution < -0.4 is 0 Å². The van der Waals surface area contributed by atoms with Crippen molar-refractivity contribution in [2.45, 2.75) is 25.9 Å². The van der Waals surface area contributed by atoms with Crippen molar-refractivity contribution in [3.63, 3.8) is 0 Å². The highest BCUT2D eigenvalue weighted by molar-refractivity contribution is 7.14. The molecule has 1 aromatic heterocycles. The summed E-state index contributed by atoms with van der Waals surface area (Å²) in [6.07, 6.45) is 3.26. The molecule has 0 radical (unpaired) electrons. The molecular formula is C15H13NO4S. The summed E-state index contributed by atoms with van der Waals surface area (Å²) in [5.41, 5.74) is 2.03. The van der Waals surface area contributed by atoms with E-state index in [2.05, 4.69) is 0 Å². The van der Waals surface area contributed by atoms with Crippen LogP contribution in [0.1, 0.15) is 32.1 Å². The van der Waals surface area contributed by atoms with Gasteiger partial charge in [0.1, 0.15) is 11.5 Å². The molecule has 1 heterocycles. The Morgan fingerprint density at radius 3 is 2.71 bits per heavy atom. The van der Waals surface area contributed by atoms with Gasteiger partial charge in [-0.05, 0) is 48.6 Å². The molecule has 21 heavy (non-hydrogen) atoms. The third kappa shape index (κ3) is 2.95. The van der Waals surface area contributed by atoms with Crippen molar-refractivity contribution < 1.29 is 14.5 Å². The zero-order valence-corrected chi connectivity index (χ0v) is 12.0. The molecule has 0 saturated carbocycles. The fourth-order valence-corrected chi connectivity index (χ4v) is 3.51. The predicted octanol–water partition coefficient (Wildman–Crippen LogP) is 3.50. The number of ether oxygens (including phenoxy) is 1. The van der Waals surface area contributed by atoms with Crippen molar-refractivity contribution in [3.05, 3.63) is 61.3 Å². The van der Waals surface area contributed by atoms with E-state index in [0.717, 1.165) is 18.4 Å². The molecule has 5 nitrogen and oxygen atoms in total. The monoisotopic (exact) mass is 303 g/mol. The summed E-state index contributed by atoms with van der Waals surface area (Å²) in [7, 11) is 0. The lowest BCUT2D eigenvalue weighted by atomic mass is 10.2. The van der Waals surface area contributed by atoms with E-state index in [9.17, 15) is 14.9 Å². The molecule has 0 amide bonds. The van der Waals surface area contributed by atoms with E-state index in [1.165, 1.54) is 40.3 Å². The van der Waals surface area contributed by atoms with Crippen molar-refractivity contribution in [2.24, 2.45) is 0 Å². The normalized spacial score (nSPS) is 13.0. The van der Waals surface area contributed by atoms with E-state index in [-0.39, 0.29) is 18.3 Å². The second kappa shape index (κ2) is 5.65. The van der Waals surface area contributed by atoms with Crippen molar-refractivity contribution in [1.82, 2.24) is 0 Å². The van der Waals surface area contributed by atoms with Crippen LogP contribution in [-0.4, -0.2) is 10.9 Å². The summed E-state index contributed by atoms with van der Waals surface area (Å²) >= 11 is 1.51. The van der Waals surface area contributed by atoms with Crippen LogP contribution in [0.15, 0.2) is 30.3 Å². The number of nitrogens with zero attached hydrogens (tertiary/aromatic N) is 1. The SMILES string of the molecule is O=C(OCc1ccc([N+](=O)[O-])cc1)c1cc2c(s1)CCC2. The van der Waals surface area contributed by atoms with E-state index in [1.54, 1.807) is 12.1 Å². The first-order chi connectivity index (χ1) is 10.1. The zero-order chi connectivity index (χ0) is 14.8. The third-order valence-electron chi connectivity index (χ3n) is 3.46. The number of hydrogen-bond donors (Lipinski definition) is 0. The number of fused-ring (bicyclic) bond motifs is 1. The highest BCUT2D eigenvalue weighted by Gasteiger charge is 2.19. The first-order valence-electron chi connectivity index (χ1n) is 6.65. The van der Waals surface area contributed by atoms with E-state index < -0.39 is 4.92 Å². The molecule has 1 aromatic carbocycles. The number of hydrogen-bond acceptors (Lipinski definition) is 5. The summed E-state index contributed by atoms with van der Waals surface area (Å²) in [6, 6.07) is 7.93. The van der Waals surface area contributed by atoms with Crippen LogP contribution in [0.5, 0.6) is 0 Å². The zero-order valence-electron chi connectivity index (χ0n) is 11.2. The summed E-state index contributed by atoms with van der Waals surface area (Å²) in [4.78, 5) is 24.0. The molecule has 1 aliphatic rings. The minimum absolute atomic E-state index is 0.0276. The Balaban J connectivity index is 1.61. The largest absolute Gasteiger partial charge is 0.457 e. The minimum atomic E-state index is -0.455. The summed E-state index contributed by atoms with van der Waals surface area (Å²) in [5, 5.41) is 10.6. The van der Waals surface area contributed by atoms with Gasteiger partial charge in [0.05, 0.1) is 4.92 Å². The summed E-state index contributed by atoms with van der Waals surface area (Å²) in [5.74, 6) is -0.326. The molecule has 108 valence electrons. The lowest BCUT2D eigenvalue weighted by molar-refractivity contribution is -0.384. The van der Waals surface area contributed by atoms with Gasteiger partial charge in [-0.1, -0.05) is 0 Å². The number of esters is 1. The minimum Gasteiger partial charge on any atom is -0.457 e. The number of carbonyl (C=O) groups excluding carboxylic acids is 1. The van der Waals surface area contributed by atoms with Gasteiger partial charge in [-0.3, -0.25) is 10.1 Å². The molecule has 0 atom stereocenters. The van der Waals surface area contributed by atoms with Crippen LogP contribution in [0.3, 0.4) is 0 Å². The number of benzene rings is 1. The van der Waals surface area contributed by atoms with Crippen LogP contribution in [0.2, 0.25) is 0 Å². The van der Waals surface area contributed by atoms with Crippen LogP contribution in [0.25, 0.3) is 0 Å². The average molecular weight is 303 g/mol. The summed E-state index contributed by atoms with van der Waals surface area (Å²) < 4.78 is 5.25. The van der Waals surface area contributed by atoms with Gasteiger partial charge in [0.25, 0.3) is 5.69 Å². The highest BCUT2D eigenvalue weighted by Crippen LogP contribution is 2.31. The second-order valence-corrected chi connectivity index (χ2v) is 6.05. The van der Waals surface area contributed by atoms with E-state index >= 15 is 0 Å². The van der Waals surface area contributed by atoms with E-state index in [4.69, 9.17) is 4.74 Å². The number of nitro groups is 1. The molecule has 2 aromatic rings. The summed E-state index contributed by atoms with van der Waals surface area (Å²) in [6.45, 7) is 0.124. The van der Waals surface area contributed by atoms with E-state index in [1.807, 2.05) is 6.07 Å². The van der Waals surface area contributed by atoms with Gasteiger partial charge in [0, 0.05) is 17.0 Å². The molecule has 0 unspecified atom stereocenters. The highest BCUT2D eigenvalue weighted by atomic mass is 32.1. The van der Waals surface area contributed by atoms with E-state index in [0.29, 0.717) is 4.88 Å². The number of rotatable bonds is 4. The number of thiophene rings is 1. The Kier molecular flexibility index (Phi) is 3.70. The number of nitro benzene ring substituents is 1. The molecule has 6 heteroatoms. The smallest absolute Gasteiger partial charge is 0.348 e. The Morgan fingerprint density at radius 1 is 1.29 bits per heavy atom. The molecule has 0 aliphatic heterocycles. The molecule has 3 rings (SSSR count). The topological polar surface area (TPSA) is 69.4 Å². The molecule has 0 saturated heterocycles. The Bertz CT molecular complexity index is 669. The second-order valence-electron chi connectivity index (χ2n) is 4.91. The van der Waals surface area contributed by atoms with Crippen LogP contribution in [-0.2, 0) is 24.2 Å². The molecule has 0 N–H and O–H groups in total. The first-order valence-corrected chi connectivity index (χ1v) is 7.47. The lowest BCUT2D eigenvalue weighted by Crippen LogP contribution is -2.03. The van der Waals surface area contributed by atoms with Crippen molar-refractivity contribution in [3.8, 4) is 0 Å². The molecule has 0 fully saturated rings. The predicted molar refractivity (Wildman–Crippen MR) is 78.6 cm³/mol. The van der Waals surface area contributed by atoms with Gasteiger partial charge >= 0.3 is 5.97 Å². The average Bonchev–Trinajstić information content (AvgIpc) is 3.06. The molecular weight excluding hydrogens is 290 g/mol. The van der Waals surface area contributed by atoms with Gasteiger partial charge in [0.2, 0.25) is 0 Å². The first kappa shape index (κ1) is 13.8. The van der Waals surface area contributed by atoms with Crippen molar-refractivity contribution in [2.75, 3.05) is 0 Å². The van der Waals surface area contributed by atoms with Gasteiger partial charge in [-0.2, -0.15) is 0 Å². The van der Waals surface area contributed by atoms with Crippen molar-refractivity contribution >= 4 is 23.0 Å². The lowest BCUT2D eigenvalue weighted by Gasteiger charge is -2.03. The van der Waals surface area contributed by atoms with Crippen molar-refractivity contribution in [1.29, 1.82) is 0 Å². The standard InChI is InChI=1S/C15H13NO4S/c17-15(14-8-11-2-1-3-13(11)21-14)20-9-10-4-6-12(7-5-10)16(18)19/h4-8H,1-3,9H2. The fraction of sp³-hybridized carbons (Fsp3) is 0.267.